The summed E-state index contributed by atoms with van der Waals surface area (Å²) in [5, 5.41) is 8.93. The van der Waals surface area contributed by atoms with Gasteiger partial charge in [-0.3, -0.25) is 38.5 Å². The maximum absolute atomic E-state index is 15.0. The summed E-state index contributed by atoms with van der Waals surface area (Å²) in [6.45, 7) is 10.00. The van der Waals surface area contributed by atoms with Crippen molar-refractivity contribution in [2.45, 2.75) is 160 Å². The Hall–Kier alpha value is -4.84. The number of imide groups is 1. The molecule has 1 aliphatic carbocycles. The molecule has 1 saturated heterocycles. The van der Waals surface area contributed by atoms with Crippen LogP contribution in [0, 0.1) is 17.8 Å². The molecule has 4 N–H and O–H groups in total. The first kappa shape index (κ1) is 54.1. The molecule has 374 valence electrons. The van der Waals surface area contributed by atoms with Crippen LogP contribution < -0.4 is 16.4 Å². The number of likely N-dealkylation sites (tertiary alicyclic amines) is 1. The van der Waals surface area contributed by atoms with Crippen LogP contribution in [0.25, 0.3) is 0 Å². The van der Waals surface area contributed by atoms with Crippen LogP contribution in [0.1, 0.15) is 128 Å². The van der Waals surface area contributed by atoms with E-state index in [9.17, 15) is 28.8 Å². The minimum absolute atomic E-state index is 0.0748. The molecule has 16 nitrogen and oxygen atoms in total. The van der Waals surface area contributed by atoms with Crippen LogP contribution in [0.3, 0.4) is 0 Å². The van der Waals surface area contributed by atoms with Crippen LogP contribution >= 0.6 is 11.3 Å². The van der Waals surface area contributed by atoms with Crippen molar-refractivity contribution in [3.05, 3.63) is 64.6 Å². The number of nitrogens with one attached hydrogen (secondary N) is 2. The number of ether oxygens (including phenoxy) is 2. The average molecular weight is 962 g/mol. The van der Waals surface area contributed by atoms with Gasteiger partial charge in [0, 0.05) is 64.5 Å². The molecule has 68 heavy (non-hydrogen) atoms. The van der Waals surface area contributed by atoms with Crippen molar-refractivity contribution in [1.82, 2.24) is 30.3 Å². The maximum Gasteiger partial charge on any atom is 0.253 e. The Labute approximate surface area is 406 Å². The smallest absolute Gasteiger partial charge is 0.253 e. The molecule has 2 aromatic rings. The fourth-order valence-electron chi connectivity index (χ4n) is 10.4. The molecule has 17 heteroatoms. The maximum atomic E-state index is 15.0. The molecule has 3 heterocycles. The predicted molar refractivity (Wildman–Crippen MR) is 260 cm³/mol. The minimum Gasteiger partial charge on any atom is -0.379 e. The van der Waals surface area contributed by atoms with Crippen LogP contribution in [0.4, 0.5) is 0 Å². The number of thiazole rings is 1. The van der Waals surface area contributed by atoms with Crippen molar-refractivity contribution in [1.29, 1.82) is 0 Å². The lowest BCUT2D eigenvalue weighted by atomic mass is 9.72. The first-order valence-corrected chi connectivity index (χ1v) is 25.4. The van der Waals surface area contributed by atoms with Gasteiger partial charge in [0.25, 0.3) is 17.7 Å². The molecule has 2 fully saturated rings. The number of likely N-dealkylation sites (N-methyl/N-ethyl adjacent to an activating group) is 1. The molecule has 0 unspecified atom stereocenters. The highest BCUT2D eigenvalue weighted by atomic mass is 32.1. The van der Waals surface area contributed by atoms with Crippen molar-refractivity contribution >= 4 is 52.6 Å². The lowest BCUT2D eigenvalue weighted by molar-refractivity contribution is -0.155. The van der Waals surface area contributed by atoms with E-state index in [-0.39, 0.29) is 60.9 Å². The van der Waals surface area contributed by atoms with Gasteiger partial charge in [0.2, 0.25) is 17.7 Å². The van der Waals surface area contributed by atoms with E-state index in [1.807, 2.05) is 56.5 Å². The van der Waals surface area contributed by atoms with Gasteiger partial charge in [-0.25, -0.2) is 4.98 Å². The molecule has 3 aliphatic rings. The van der Waals surface area contributed by atoms with Gasteiger partial charge in [-0.1, -0.05) is 90.6 Å². The van der Waals surface area contributed by atoms with E-state index in [2.05, 4.69) is 15.6 Å². The zero-order chi connectivity index (χ0) is 49.8. The van der Waals surface area contributed by atoms with E-state index in [0.717, 1.165) is 17.0 Å². The SMILES string of the molecule is CC[C@H](C)[C@@H]([C@@H](CC(=O)N1CCC[C@H]1[C@H](OC)[C@@H](C)C(=O)N[C@@H](Cc1ccccc1)c1nccs1)OC)N(C)C(=O)[C@](N)(C(=O)C1(NC(=O)CCCCCN2C(=O)C=CC2=O)CCCC1)C(C)C. The van der Waals surface area contributed by atoms with Gasteiger partial charge in [0.15, 0.2) is 11.3 Å². The molecule has 2 aliphatic heterocycles. The standard InChI is InChI=1S/C51H75N7O9S/c1-9-34(4)44(56(6)49(65)51(52,33(2)3)48(64)50(25-15-16-26-50)55-40(59)22-14-11-17-28-58-41(60)23-24-42(58)61)39(66-7)32-43(62)57-29-18-21-38(57)45(67-8)35(5)46(63)54-37(47-53-27-30-68-47)31-36-19-12-10-13-20-36/h10,12-13,19-20,23-24,27,30,33-35,37-39,44-45H,9,11,14-18,21-22,25-26,28-29,31-32,52H2,1-8H3,(H,54,63)(H,55,59)/t34-,35+,37-,38-,39+,44-,45+,51+/m0/s1. The van der Waals surface area contributed by atoms with Crippen LogP contribution in [0.15, 0.2) is 54.1 Å². The largest absolute Gasteiger partial charge is 0.379 e. The molecule has 0 bridgehead atoms. The van der Waals surface area contributed by atoms with Gasteiger partial charge in [0.1, 0.15) is 10.5 Å². The van der Waals surface area contributed by atoms with E-state index >= 15 is 4.79 Å². The van der Waals surface area contributed by atoms with E-state index in [1.54, 1.807) is 39.1 Å². The molecule has 6 amide bonds. The third-order valence-corrected chi connectivity index (χ3v) is 15.6. The number of ketones is 1. The van der Waals surface area contributed by atoms with Crippen LogP contribution in [-0.4, -0.2) is 131 Å². The fraction of sp³-hybridized carbons (Fsp3) is 0.647. The number of nitrogens with two attached hydrogens (primary N) is 1. The summed E-state index contributed by atoms with van der Waals surface area (Å²) in [7, 11) is 4.69. The molecular weight excluding hydrogens is 887 g/mol. The lowest BCUT2D eigenvalue weighted by Gasteiger charge is -2.45. The summed E-state index contributed by atoms with van der Waals surface area (Å²) in [6.07, 6.45) is 9.07. The summed E-state index contributed by atoms with van der Waals surface area (Å²) >= 11 is 1.48. The van der Waals surface area contributed by atoms with E-state index < -0.39 is 58.9 Å². The normalized spacial score (nSPS) is 20.4. The summed E-state index contributed by atoms with van der Waals surface area (Å²) < 4.78 is 12.2. The van der Waals surface area contributed by atoms with Crippen molar-refractivity contribution < 1.29 is 43.0 Å². The van der Waals surface area contributed by atoms with Gasteiger partial charge < -0.3 is 35.6 Å². The third kappa shape index (κ3) is 12.5. The molecule has 0 spiro atoms. The Kier molecular flexibility index (Phi) is 19.6. The van der Waals surface area contributed by atoms with Crippen molar-refractivity contribution in [2.24, 2.45) is 23.5 Å². The second kappa shape index (κ2) is 24.6. The van der Waals surface area contributed by atoms with Crippen LogP contribution in [0.5, 0.6) is 0 Å². The highest BCUT2D eigenvalue weighted by Gasteiger charge is 2.57. The number of carbonyl (C=O) groups is 7. The van der Waals surface area contributed by atoms with Crippen molar-refractivity contribution in [3.63, 3.8) is 0 Å². The number of unbranched alkanes of at least 4 members (excludes halogenated alkanes) is 2. The van der Waals surface area contributed by atoms with Crippen LogP contribution in [-0.2, 0) is 49.5 Å². The molecule has 5 rings (SSSR count). The number of amides is 6. The highest BCUT2D eigenvalue weighted by Crippen LogP contribution is 2.38. The predicted octanol–water partition coefficient (Wildman–Crippen LogP) is 5.30. The van der Waals surface area contributed by atoms with Gasteiger partial charge in [-0.15, -0.1) is 11.3 Å². The number of aromatic nitrogens is 1. The Balaban J connectivity index is 1.27. The fourth-order valence-corrected chi connectivity index (χ4v) is 11.1. The molecule has 1 aromatic carbocycles. The second-order valence-corrected chi connectivity index (χ2v) is 20.3. The molecule has 0 radical (unpaired) electrons. The number of hydrogen-bond acceptors (Lipinski definition) is 12. The Morgan fingerprint density at radius 2 is 1.65 bits per heavy atom. The number of nitrogens with zero attached hydrogens (tertiary/aromatic N) is 4. The van der Waals surface area contributed by atoms with Gasteiger partial charge >= 0.3 is 0 Å². The van der Waals surface area contributed by atoms with Crippen LogP contribution in [0.2, 0.25) is 0 Å². The molecule has 1 saturated carbocycles. The zero-order valence-corrected chi connectivity index (χ0v) is 42.2. The number of Topliss-reactive ketones (excluding diaryl/α,β-unsaturated/α-hetero) is 1. The number of benzene rings is 1. The van der Waals surface area contributed by atoms with Crippen molar-refractivity contribution in [3.8, 4) is 0 Å². The number of hydrogen-bond donors (Lipinski definition) is 3. The van der Waals surface area contributed by atoms with E-state index in [0.29, 0.717) is 70.8 Å². The first-order valence-electron chi connectivity index (χ1n) is 24.5. The third-order valence-electron chi connectivity index (χ3n) is 14.7. The second-order valence-electron chi connectivity index (χ2n) is 19.3. The summed E-state index contributed by atoms with van der Waals surface area (Å²) in [4.78, 5) is 105. The average Bonchev–Trinajstić information content (AvgIpc) is 4.18. The summed E-state index contributed by atoms with van der Waals surface area (Å²) in [5.41, 5.74) is 4.81. The van der Waals surface area contributed by atoms with E-state index in [4.69, 9.17) is 15.2 Å². The zero-order valence-electron chi connectivity index (χ0n) is 41.4. The number of rotatable bonds is 26. The minimum atomic E-state index is -2.02. The van der Waals surface area contributed by atoms with Gasteiger partial charge in [-0.2, -0.15) is 0 Å². The van der Waals surface area contributed by atoms with E-state index in [1.165, 1.54) is 40.4 Å². The van der Waals surface area contributed by atoms with Crippen molar-refractivity contribution in [2.75, 3.05) is 34.4 Å². The molecular formula is C51H75N7O9S. The quantitative estimate of drug-likeness (QED) is 0.0626. The lowest BCUT2D eigenvalue weighted by Crippen LogP contribution is -2.72. The highest BCUT2D eigenvalue weighted by molar-refractivity contribution is 7.09. The number of methoxy groups -OCH3 is 2. The molecule has 8 atom stereocenters. The monoisotopic (exact) mass is 962 g/mol. The van der Waals surface area contributed by atoms with Gasteiger partial charge in [0.05, 0.1) is 42.7 Å². The Morgan fingerprint density at radius 3 is 2.24 bits per heavy atom. The molecule has 1 aromatic heterocycles. The summed E-state index contributed by atoms with van der Waals surface area (Å²) in [6, 6.07) is 8.52. The number of carbonyl (C=O) groups excluding carboxylic acids is 7. The van der Waals surface area contributed by atoms with Gasteiger partial charge in [-0.05, 0) is 62.3 Å². The first-order chi connectivity index (χ1) is 32.4. The summed E-state index contributed by atoms with van der Waals surface area (Å²) in [5.74, 6) is -4.02. The topological polar surface area (TPSA) is 211 Å². The Morgan fingerprint density at radius 1 is 0.971 bits per heavy atom. The Bertz CT molecular complexity index is 2060.